The molecule has 0 saturated heterocycles. The van der Waals surface area contributed by atoms with Gasteiger partial charge in [-0.3, -0.25) is 4.99 Å². The average Bonchev–Trinajstić information content (AvgIpc) is 2.37. The summed E-state index contributed by atoms with van der Waals surface area (Å²) >= 11 is 0. The normalized spacial score (nSPS) is 13.5. The van der Waals surface area contributed by atoms with Crippen LogP contribution in [-0.4, -0.2) is 19.6 Å². The molecule has 3 nitrogen and oxygen atoms in total. The lowest BCUT2D eigenvalue weighted by Crippen LogP contribution is -2.40. The predicted molar refractivity (Wildman–Crippen MR) is 78.9 cm³/mol. The molecule has 0 fully saturated rings. The van der Waals surface area contributed by atoms with Crippen LogP contribution in [-0.2, 0) is 0 Å². The SMILES string of the molecule is CN=C(NCC(C)C)NC(C)c1ccc(C)c(F)c1. The van der Waals surface area contributed by atoms with E-state index in [2.05, 4.69) is 29.5 Å². The van der Waals surface area contributed by atoms with Crippen LogP contribution in [0.2, 0.25) is 0 Å². The summed E-state index contributed by atoms with van der Waals surface area (Å²) in [5.74, 6) is 1.11. The van der Waals surface area contributed by atoms with Crippen molar-refractivity contribution < 1.29 is 4.39 Å². The average molecular weight is 265 g/mol. The van der Waals surface area contributed by atoms with E-state index >= 15 is 0 Å². The number of aliphatic imine (C=N–C) groups is 1. The quantitative estimate of drug-likeness (QED) is 0.648. The fourth-order valence-electron chi connectivity index (χ4n) is 1.66. The van der Waals surface area contributed by atoms with Crippen LogP contribution in [0.15, 0.2) is 23.2 Å². The number of aryl methyl sites for hydroxylation is 1. The Morgan fingerprint density at radius 3 is 2.53 bits per heavy atom. The molecular weight excluding hydrogens is 241 g/mol. The molecule has 0 bridgehead atoms. The van der Waals surface area contributed by atoms with E-state index < -0.39 is 0 Å². The molecule has 0 aromatic heterocycles. The van der Waals surface area contributed by atoms with E-state index in [1.165, 1.54) is 0 Å². The summed E-state index contributed by atoms with van der Waals surface area (Å²) in [5.41, 5.74) is 1.58. The zero-order chi connectivity index (χ0) is 14.4. The lowest BCUT2D eigenvalue weighted by Gasteiger charge is -2.19. The van der Waals surface area contributed by atoms with Crippen molar-refractivity contribution in [3.8, 4) is 0 Å². The maximum absolute atomic E-state index is 13.5. The second-order valence-corrected chi connectivity index (χ2v) is 5.22. The zero-order valence-corrected chi connectivity index (χ0v) is 12.4. The molecule has 1 aromatic carbocycles. The minimum atomic E-state index is -0.170. The van der Waals surface area contributed by atoms with Gasteiger partial charge in [-0.05, 0) is 37.0 Å². The Kier molecular flexibility index (Phi) is 5.80. The largest absolute Gasteiger partial charge is 0.356 e. The number of hydrogen-bond donors (Lipinski definition) is 2. The number of rotatable bonds is 4. The Hall–Kier alpha value is -1.58. The number of hydrogen-bond acceptors (Lipinski definition) is 1. The molecule has 0 aliphatic heterocycles. The van der Waals surface area contributed by atoms with E-state index in [-0.39, 0.29) is 11.9 Å². The monoisotopic (exact) mass is 265 g/mol. The van der Waals surface area contributed by atoms with Gasteiger partial charge in [-0.1, -0.05) is 26.0 Å². The summed E-state index contributed by atoms with van der Waals surface area (Å²) in [6.07, 6.45) is 0. The summed E-state index contributed by atoms with van der Waals surface area (Å²) in [7, 11) is 1.73. The summed E-state index contributed by atoms with van der Waals surface area (Å²) in [6.45, 7) is 8.89. The van der Waals surface area contributed by atoms with Gasteiger partial charge in [0.1, 0.15) is 5.82 Å². The molecule has 1 atom stereocenters. The Morgan fingerprint density at radius 1 is 1.32 bits per heavy atom. The van der Waals surface area contributed by atoms with Crippen molar-refractivity contribution >= 4 is 5.96 Å². The van der Waals surface area contributed by atoms with Crippen molar-refractivity contribution in [1.82, 2.24) is 10.6 Å². The molecule has 0 saturated carbocycles. The topological polar surface area (TPSA) is 36.4 Å². The smallest absolute Gasteiger partial charge is 0.191 e. The molecule has 0 heterocycles. The van der Waals surface area contributed by atoms with Crippen LogP contribution in [0.25, 0.3) is 0 Å². The highest BCUT2D eigenvalue weighted by Gasteiger charge is 2.09. The van der Waals surface area contributed by atoms with Crippen LogP contribution in [0.5, 0.6) is 0 Å². The van der Waals surface area contributed by atoms with Crippen LogP contribution in [0.3, 0.4) is 0 Å². The third-order valence-corrected chi connectivity index (χ3v) is 2.95. The van der Waals surface area contributed by atoms with Crippen molar-refractivity contribution in [1.29, 1.82) is 0 Å². The van der Waals surface area contributed by atoms with Crippen molar-refractivity contribution in [2.75, 3.05) is 13.6 Å². The first-order valence-electron chi connectivity index (χ1n) is 6.67. The molecule has 1 aromatic rings. The van der Waals surface area contributed by atoms with Gasteiger partial charge in [0, 0.05) is 13.6 Å². The summed E-state index contributed by atoms with van der Waals surface area (Å²) in [5, 5.41) is 6.50. The Labute approximate surface area is 115 Å². The number of nitrogens with one attached hydrogen (secondary N) is 2. The molecule has 0 spiro atoms. The van der Waals surface area contributed by atoms with Gasteiger partial charge in [0.15, 0.2) is 5.96 Å². The zero-order valence-electron chi connectivity index (χ0n) is 12.4. The highest BCUT2D eigenvalue weighted by atomic mass is 19.1. The molecule has 1 unspecified atom stereocenters. The third-order valence-electron chi connectivity index (χ3n) is 2.95. The fraction of sp³-hybridized carbons (Fsp3) is 0.533. The molecule has 0 aliphatic rings. The number of guanidine groups is 1. The third kappa shape index (κ3) is 4.89. The molecule has 0 radical (unpaired) electrons. The van der Waals surface area contributed by atoms with Crippen molar-refractivity contribution in [3.63, 3.8) is 0 Å². The molecule has 1 rings (SSSR count). The van der Waals surface area contributed by atoms with Gasteiger partial charge in [-0.2, -0.15) is 0 Å². The van der Waals surface area contributed by atoms with Gasteiger partial charge in [-0.25, -0.2) is 4.39 Å². The van der Waals surface area contributed by atoms with Gasteiger partial charge < -0.3 is 10.6 Å². The number of halogens is 1. The maximum atomic E-state index is 13.5. The van der Waals surface area contributed by atoms with Crippen LogP contribution in [0.4, 0.5) is 4.39 Å². The Bertz CT molecular complexity index is 441. The van der Waals surface area contributed by atoms with E-state index in [1.54, 1.807) is 26.1 Å². The van der Waals surface area contributed by atoms with E-state index in [1.807, 2.05) is 13.0 Å². The van der Waals surface area contributed by atoms with Crippen molar-refractivity contribution in [2.45, 2.75) is 33.7 Å². The predicted octanol–water partition coefficient (Wildman–Crippen LogP) is 3.02. The highest BCUT2D eigenvalue weighted by molar-refractivity contribution is 5.80. The summed E-state index contributed by atoms with van der Waals surface area (Å²) in [6, 6.07) is 5.32. The first kappa shape index (κ1) is 15.5. The van der Waals surface area contributed by atoms with Crippen molar-refractivity contribution in [2.24, 2.45) is 10.9 Å². The molecule has 0 amide bonds. The van der Waals surface area contributed by atoms with E-state index in [4.69, 9.17) is 0 Å². The molecule has 2 N–H and O–H groups in total. The van der Waals surface area contributed by atoms with E-state index in [9.17, 15) is 4.39 Å². The second kappa shape index (κ2) is 7.12. The summed E-state index contributed by atoms with van der Waals surface area (Å²) < 4.78 is 13.5. The lowest BCUT2D eigenvalue weighted by molar-refractivity contribution is 0.594. The lowest BCUT2D eigenvalue weighted by atomic mass is 10.1. The fourth-order valence-corrected chi connectivity index (χ4v) is 1.66. The van der Waals surface area contributed by atoms with Crippen LogP contribution in [0.1, 0.15) is 37.9 Å². The van der Waals surface area contributed by atoms with Crippen LogP contribution in [0, 0.1) is 18.7 Å². The molecule has 4 heteroatoms. The minimum Gasteiger partial charge on any atom is -0.356 e. The Balaban J connectivity index is 2.66. The second-order valence-electron chi connectivity index (χ2n) is 5.22. The van der Waals surface area contributed by atoms with Gasteiger partial charge in [0.05, 0.1) is 6.04 Å². The van der Waals surface area contributed by atoms with Gasteiger partial charge >= 0.3 is 0 Å². The van der Waals surface area contributed by atoms with Gasteiger partial charge in [0.25, 0.3) is 0 Å². The minimum absolute atomic E-state index is 0.00784. The first-order valence-corrected chi connectivity index (χ1v) is 6.67. The standard InChI is InChI=1S/C15H24FN3/c1-10(2)9-18-15(17-5)19-12(4)13-7-6-11(3)14(16)8-13/h6-8,10,12H,9H2,1-5H3,(H2,17,18,19). The van der Waals surface area contributed by atoms with E-state index in [0.717, 1.165) is 18.1 Å². The van der Waals surface area contributed by atoms with Gasteiger partial charge in [0.2, 0.25) is 0 Å². The number of benzene rings is 1. The highest BCUT2D eigenvalue weighted by Crippen LogP contribution is 2.16. The molecule has 106 valence electrons. The number of nitrogens with zero attached hydrogens (tertiary/aromatic N) is 1. The van der Waals surface area contributed by atoms with Crippen molar-refractivity contribution in [3.05, 3.63) is 35.1 Å². The first-order chi connectivity index (χ1) is 8.93. The molecule has 19 heavy (non-hydrogen) atoms. The maximum Gasteiger partial charge on any atom is 0.191 e. The van der Waals surface area contributed by atoms with Gasteiger partial charge in [-0.15, -0.1) is 0 Å². The molecule has 0 aliphatic carbocycles. The van der Waals surface area contributed by atoms with Crippen LogP contribution >= 0.6 is 0 Å². The van der Waals surface area contributed by atoms with E-state index in [0.29, 0.717) is 11.5 Å². The molecular formula is C15H24FN3. The Morgan fingerprint density at radius 2 is 2.00 bits per heavy atom. The van der Waals surface area contributed by atoms with Crippen LogP contribution < -0.4 is 10.6 Å². The summed E-state index contributed by atoms with van der Waals surface area (Å²) in [4.78, 5) is 4.17.